The Morgan fingerprint density at radius 1 is 1.30 bits per heavy atom. The Labute approximate surface area is 132 Å². The Morgan fingerprint density at radius 3 is 2.70 bits per heavy atom. The van der Waals surface area contributed by atoms with Gasteiger partial charge in [-0.1, -0.05) is 0 Å². The van der Waals surface area contributed by atoms with Gasteiger partial charge in [0.15, 0.2) is 0 Å². The highest BCUT2D eigenvalue weighted by molar-refractivity contribution is 6.01. The molecular formula is C16H18FN3O3. The fourth-order valence-electron chi connectivity index (χ4n) is 2.98. The number of imide groups is 1. The SMILES string of the molecule is Cc1c(C)n(C[C@@H](O)CN2C(=O)CNC2=O)c2ccc(F)cc12. The lowest BCUT2D eigenvalue weighted by Gasteiger charge is -2.19. The molecule has 0 unspecified atom stereocenters. The Hall–Kier alpha value is -2.41. The Bertz CT molecular complexity index is 783. The van der Waals surface area contributed by atoms with Crippen molar-refractivity contribution in [2.45, 2.75) is 26.5 Å². The summed E-state index contributed by atoms with van der Waals surface area (Å²) in [7, 11) is 0. The predicted octanol–water partition coefficient (Wildman–Crippen LogP) is 1.31. The van der Waals surface area contributed by atoms with E-state index >= 15 is 0 Å². The van der Waals surface area contributed by atoms with Gasteiger partial charge < -0.3 is 15.0 Å². The molecule has 1 fully saturated rings. The lowest BCUT2D eigenvalue weighted by atomic mass is 10.1. The summed E-state index contributed by atoms with van der Waals surface area (Å²) in [4.78, 5) is 24.1. The standard InChI is InChI=1S/C16H18FN3O3/c1-9-10(2)19(14-4-3-11(17)5-13(9)14)7-12(21)8-20-15(22)6-18-16(20)23/h3-5,12,21H,6-8H2,1-2H3,(H,18,23)/t12-/m1/s1. The molecule has 2 aromatic rings. The molecule has 6 nitrogen and oxygen atoms in total. The Balaban J connectivity index is 1.85. The van der Waals surface area contributed by atoms with Crippen LogP contribution in [0.1, 0.15) is 11.3 Å². The predicted molar refractivity (Wildman–Crippen MR) is 82.5 cm³/mol. The van der Waals surface area contributed by atoms with E-state index in [0.29, 0.717) is 0 Å². The third kappa shape index (κ3) is 2.68. The minimum Gasteiger partial charge on any atom is -0.389 e. The van der Waals surface area contributed by atoms with E-state index < -0.39 is 12.1 Å². The van der Waals surface area contributed by atoms with E-state index in [-0.39, 0.29) is 31.4 Å². The summed E-state index contributed by atoms with van der Waals surface area (Å²) in [5, 5.41) is 13.5. The summed E-state index contributed by atoms with van der Waals surface area (Å²) in [5.41, 5.74) is 2.68. The van der Waals surface area contributed by atoms with Gasteiger partial charge in [0.05, 0.1) is 25.7 Å². The zero-order chi connectivity index (χ0) is 16.7. The zero-order valence-electron chi connectivity index (χ0n) is 13.0. The van der Waals surface area contributed by atoms with Crippen molar-refractivity contribution in [2.24, 2.45) is 0 Å². The van der Waals surface area contributed by atoms with Crippen LogP contribution in [0.4, 0.5) is 9.18 Å². The van der Waals surface area contributed by atoms with E-state index in [9.17, 15) is 19.1 Å². The fraction of sp³-hybridized carbons (Fsp3) is 0.375. The van der Waals surface area contributed by atoms with Gasteiger partial charge in [0.2, 0.25) is 5.91 Å². The zero-order valence-corrected chi connectivity index (χ0v) is 13.0. The number of nitrogens with one attached hydrogen (secondary N) is 1. The molecule has 3 amide bonds. The first-order valence-electron chi connectivity index (χ1n) is 7.39. The van der Waals surface area contributed by atoms with Gasteiger partial charge in [-0.05, 0) is 37.6 Å². The summed E-state index contributed by atoms with van der Waals surface area (Å²) in [5.74, 6) is -0.654. The van der Waals surface area contributed by atoms with Crippen molar-refractivity contribution in [1.82, 2.24) is 14.8 Å². The number of amides is 3. The summed E-state index contributed by atoms with van der Waals surface area (Å²) >= 11 is 0. The lowest BCUT2D eigenvalue weighted by Crippen LogP contribution is -2.39. The lowest BCUT2D eigenvalue weighted by molar-refractivity contribution is -0.126. The maximum atomic E-state index is 13.4. The molecule has 23 heavy (non-hydrogen) atoms. The number of halogens is 1. The summed E-state index contributed by atoms with van der Waals surface area (Å²) in [6.45, 7) is 3.92. The van der Waals surface area contributed by atoms with Crippen LogP contribution in [0, 0.1) is 19.7 Å². The third-order valence-electron chi connectivity index (χ3n) is 4.32. The van der Waals surface area contributed by atoms with Crippen LogP contribution in [0.15, 0.2) is 18.2 Å². The molecule has 2 heterocycles. The number of aliphatic hydroxyl groups is 1. The molecule has 2 N–H and O–H groups in total. The molecule has 1 atom stereocenters. The van der Waals surface area contributed by atoms with Crippen LogP contribution in [-0.2, 0) is 11.3 Å². The summed E-state index contributed by atoms with van der Waals surface area (Å²) < 4.78 is 15.3. The monoisotopic (exact) mass is 319 g/mol. The van der Waals surface area contributed by atoms with Crippen LogP contribution < -0.4 is 5.32 Å². The quantitative estimate of drug-likeness (QED) is 0.835. The number of rotatable bonds is 4. The van der Waals surface area contributed by atoms with Crippen molar-refractivity contribution < 1.29 is 19.1 Å². The van der Waals surface area contributed by atoms with Crippen molar-refractivity contribution in [3.63, 3.8) is 0 Å². The van der Waals surface area contributed by atoms with Crippen LogP contribution in [-0.4, -0.2) is 45.7 Å². The number of carbonyl (C=O) groups is 2. The molecule has 122 valence electrons. The molecule has 1 aromatic heterocycles. The van der Waals surface area contributed by atoms with E-state index in [1.807, 2.05) is 18.4 Å². The minimum atomic E-state index is -0.901. The van der Waals surface area contributed by atoms with E-state index in [0.717, 1.165) is 27.1 Å². The molecule has 0 saturated carbocycles. The number of fused-ring (bicyclic) bond motifs is 1. The number of benzene rings is 1. The molecule has 0 spiro atoms. The second-order valence-electron chi connectivity index (χ2n) is 5.80. The Morgan fingerprint density at radius 2 is 2.04 bits per heavy atom. The number of aromatic nitrogens is 1. The second-order valence-corrected chi connectivity index (χ2v) is 5.80. The third-order valence-corrected chi connectivity index (χ3v) is 4.32. The highest BCUT2D eigenvalue weighted by Crippen LogP contribution is 2.26. The first-order valence-corrected chi connectivity index (χ1v) is 7.39. The van der Waals surface area contributed by atoms with Crippen molar-refractivity contribution in [1.29, 1.82) is 0 Å². The van der Waals surface area contributed by atoms with Crippen molar-refractivity contribution in [3.05, 3.63) is 35.3 Å². The number of hydrogen-bond acceptors (Lipinski definition) is 3. The smallest absolute Gasteiger partial charge is 0.324 e. The summed E-state index contributed by atoms with van der Waals surface area (Å²) in [6, 6.07) is 4.03. The Kier molecular flexibility index (Phi) is 3.81. The molecule has 1 aliphatic rings. The molecule has 7 heteroatoms. The van der Waals surface area contributed by atoms with E-state index in [1.54, 1.807) is 6.07 Å². The second kappa shape index (κ2) is 5.66. The average molecular weight is 319 g/mol. The number of aliphatic hydroxyl groups excluding tert-OH is 1. The normalized spacial score (nSPS) is 16.3. The average Bonchev–Trinajstić information content (AvgIpc) is 2.93. The number of nitrogens with zero attached hydrogens (tertiary/aromatic N) is 2. The van der Waals surface area contributed by atoms with Crippen molar-refractivity contribution >= 4 is 22.8 Å². The number of hydrogen-bond donors (Lipinski definition) is 2. The largest absolute Gasteiger partial charge is 0.389 e. The van der Waals surface area contributed by atoms with Gasteiger partial charge in [-0.3, -0.25) is 9.69 Å². The molecule has 0 radical (unpaired) electrons. The van der Waals surface area contributed by atoms with Gasteiger partial charge in [0, 0.05) is 16.6 Å². The topological polar surface area (TPSA) is 74.6 Å². The molecule has 0 aliphatic carbocycles. The molecular weight excluding hydrogens is 301 g/mol. The minimum absolute atomic E-state index is 0.0323. The number of carbonyl (C=O) groups excluding carboxylic acids is 2. The summed E-state index contributed by atoms with van der Waals surface area (Å²) in [6.07, 6.45) is -0.901. The maximum absolute atomic E-state index is 13.4. The van der Waals surface area contributed by atoms with Crippen molar-refractivity contribution in [3.8, 4) is 0 Å². The van der Waals surface area contributed by atoms with Gasteiger partial charge in [0.1, 0.15) is 5.82 Å². The van der Waals surface area contributed by atoms with Crippen LogP contribution >= 0.6 is 0 Å². The fourth-order valence-corrected chi connectivity index (χ4v) is 2.98. The maximum Gasteiger partial charge on any atom is 0.324 e. The highest BCUT2D eigenvalue weighted by atomic mass is 19.1. The van der Waals surface area contributed by atoms with Crippen LogP contribution in [0.2, 0.25) is 0 Å². The number of β-amino-alcohol motifs (C(OH)–C–C–N with tert-alkyl or cyclic N) is 1. The van der Waals surface area contributed by atoms with Crippen LogP contribution in [0.25, 0.3) is 10.9 Å². The van der Waals surface area contributed by atoms with Gasteiger partial charge in [0.25, 0.3) is 0 Å². The molecule has 0 bridgehead atoms. The molecule has 1 aromatic carbocycles. The van der Waals surface area contributed by atoms with E-state index in [4.69, 9.17) is 0 Å². The van der Waals surface area contributed by atoms with Gasteiger partial charge in [-0.25, -0.2) is 9.18 Å². The van der Waals surface area contributed by atoms with E-state index in [2.05, 4.69) is 5.32 Å². The van der Waals surface area contributed by atoms with Crippen LogP contribution in [0.3, 0.4) is 0 Å². The van der Waals surface area contributed by atoms with Gasteiger partial charge in [-0.2, -0.15) is 0 Å². The first-order chi connectivity index (χ1) is 10.9. The molecule has 1 aliphatic heterocycles. The molecule has 1 saturated heterocycles. The van der Waals surface area contributed by atoms with Crippen molar-refractivity contribution in [2.75, 3.05) is 13.1 Å². The number of aryl methyl sites for hydroxylation is 1. The molecule has 3 rings (SSSR count). The van der Waals surface area contributed by atoms with Gasteiger partial charge >= 0.3 is 6.03 Å². The van der Waals surface area contributed by atoms with E-state index in [1.165, 1.54) is 12.1 Å². The highest BCUT2D eigenvalue weighted by Gasteiger charge is 2.30. The van der Waals surface area contributed by atoms with Gasteiger partial charge in [-0.15, -0.1) is 0 Å². The van der Waals surface area contributed by atoms with Crippen LogP contribution in [0.5, 0.6) is 0 Å². The first kappa shape index (κ1) is 15.5. The number of urea groups is 1.